The quantitative estimate of drug-likeness (QED) is 0.772. The number of hydrogen-bond acceptors (Lipinski definition) is 5. The second-order valence-corrected chi connectivity index (χ2v) is 5.29. The maximum absolute atomic E-state index is 11.8. The zero-order chi connectivity index (χ0) is 16.9. The Bertz CT molecular complexity index is 756. The molecular formula is C16H18N4O4. The number of rotatable bonds is 5. The van der Waals surface area contributed by atoms with Gasteiger partial charge in [0.2, 0.25) is 6.79 Å². The molecule has 8 nitrogen and oxygen atoms in total. The van der Waals surface area contributed by atoms with Crippen LogP contribution < -0.4 is 20.1 Å². The summed E-state index contributed by atoms with van der Waals surface area (Å²) in [6.07, 6.45) is 3.51. The molecule has 0 atom stereocenters. The first-order valence-corrected chi connectivity index (χ1v) is 7.56. The number of ether oxygens (including phenoxy) is 2. The summed E-state index contributed by atoms with van der Waals surface area (Å²) in [6.45, 7) is 3.23. The minimum atomic E-state index is -0.671. The van der Waals surface area contributed by atoms with Crippen LogP contribution in [0.4, 0.5) is 0 Å². The molecule has 0 spiro atoms. The lowest BCUT2D eigenvalue weighted by molar-refractivity contribution is -0.139. The largest absolute Gasteiger partial charge is 0.454 e. The number of carbonyl (C=O) groups is 2. The van der Waals surface area contributed by atoms with Crippen LogP contribution in [0.15, 0.2) is 30.6 Å². The van der Waals surface area contributed by atoms with Crippen molar-refractivity contribution in [1.82, 2.24) is 20.2 Å². The normalized spacial score (nSPS) is 12.0. The predicted molar refractivity (Wildman–Crippen MR) is 84.4 cm³/mol. The summed E-state index contributed by atoms with van der Waals surface area (Å²) in [5.74, 6) is 0.847. The molecule has 0 radical (unpaired) electrons. The van der Waals surface area contributed by atoms with Crippen molar-refractivity contribution >= 4 is 11.8 Å². The maximum atomic E-state index is 11.8. The molecule has 126 valence electrons. The smallest absolute Gasteiger partial charge is 0.309 e. The lowest BCUT2D eigenvalue weighted by atomic mass is 10.2. The zero-order valence-corrected chi connectivity index (χ0v) is 13.2. The summed E-state index contributed by atoms with van der Waals surface area (Å²) >= 11 is 0. The second kappa shape index (κ2) is 7.03. The SMILES string of the molecule is Cc1nccn1CCNC(=O)C(=O)NCc1ccc2c(c1)OCO2. The number of amides is 2. The summed E-state index contributed by atoms with van der Waals surface area (Å²) < 4.78 is 12.4. The number of nitrogens with one attached hydrogen (secondary N) is 2. The maximum Gasteiger partial charge on any atom is 0.309 e. The highest BCUT2D eigenvalue weighted by Crippen LogP contribution is 2.32. The molecule has 2 N–H and O–H groups in total. The zero-order valence-electron chi connectivity index (χ0n) is 13.2. The van der Waals surface area contributed by atoms with Crippen LogP contribution >= 0.6 is 0 Å². The third-order valence-electron chi connectivity index (χ3n) is 3.66. The molecule has 1 aromatic heterocycles. The van der Waals surface area contributed by atoms with E-state index >= 15 is 0 Å². The van der Waals surface area contributed by atoms with E-state index < -0.39 is 11.8 Å². The van der Waals surface area contributed by atoms with E-state index in [2.05, 4.69) is 15.6 Å². The van der Waals surface area contributed by atoms with Crippen molar-refractivity contribution in [2.75, 3.05) is 13.3 Å². The fraction of sp³-hybridized carbons (Fsp3) is 0.312. The van der Waals surface area contributed by atoms with Crippen molar-refractivity contribution in [3.05, 3.63) is 42.0 Å². The van der Waals surface area contributed by atoms with Crippen molar-refractivity contribution in [3.8, 4) is 11.5 Å². The minimum absolute atomic E-state index is 0.198. The first kappa shape index (κ1) is 15.9. The summed E-state index contributed by atoms with van der Waals surface area (Å²) in [6, 6.07) is 5.37. The van der Waals surface area contributed by atoms with Gasteiger partial charge in [-0.3, -0.25) is 9.59 Å². The van der Waals surface area contributed by atoms with Crippen LogP contribution in [-0.4, -0.2) is 34.7 Å². The molecule has 24 heavy (non-hydrogen) atoms. The Morgan fingerprint density at radius 2 is 2.00 bits per heavy atom. The summed E-state index contributed by atoms with van der Waals surface area (Å²) in [5.41, 5.74) is 0.828. The molecule has 1 aromatic carbocycles. The Balaban J connectivity index is 1.43. The van der Waals surface area contributed by atoms with E-state index in [9.17, 15) is 9.59 Å². The number of imidazole rings is 1. The molecule has 2 aromatic rings. The number of aryl methyl sites for hydroxylation is 1. The standard InChI is InChI=1S/C16H18N4O4/c1-11-17-4-6-20(11)7-5-18-15(21)16(22)19-9-12-2-3-13-14(8-12)24-10-23-13/h2-4,6,8H,5,7,9-10H2,1H3,(H,18,21)(H,19,22). The molecule has 0 saturated carbocycles. The Labute approximate surface area is 138 Å². The summed E-state index contributed by atoms with van der Waals surface area (Å²) in [4.78, 5) is 27.7. The molecule has 2 amide bonds. The lowest BCUT2D eigenvalue weighted by Gasteiger charge is -2.08. The van der Waals surface area contributed by atoms with Gasteiger partial charge in [-0.05, 0) is 24.6 Å². The van der Waals surface area contributed by atoms with Gasteiger partial charge in [0, 0.05) is 32.0 Å². The third kappa shape index (κ3) is 3.65. The summed E-state index contributed by atoms with van der Waals surface area (Å²) in [5, 5.41) is 5.16. The molecule has 1 aliphatic rings. The van der Waals surface area contributed by atoms with E-state index in [1.54, 1.807) is 18.3 Å². The highest BCUT2D eigenvalue weighted by molar-refractivity contribution is 6.35. The van der Waals surface area contributed by atoms with Gasteiger partial charge in [0.05, 0.1) is 0 Å². The fourth-order valence-corrected chi connectivity index (χ4v) is 2.32. The van der Waals surface area contributed by atoms with Crippen molar-refractivity contribution in [2.45, 2.75) is 20.0 Å². The molecule has 0 fully saturated rings. The van der Waals surface area contributed by atoms with Crippen molar-refractivity contribution < 1.29 is 19.1 Å². The Morgan fingerprint density at radius 3 is 2.79 bits per heavy atom. The fourth-order valence-electron chi connectivity index (χ4n) is 2.32. The van der Waals surface area contributed by atoms with Gasteiger partial charge in [0.25, 0.3) is 0 Å². The van der Waals surface area contributed by atoms with Crippen LogP contribution in [0.25, 0.3) is 0 Å². The molecular weight excluding hydrogens is 312 g/mol. The topological polar surface area (TPSA) is 94.5 Å². The molecule has 1 aliphatic heterocycles. The van der Waals surface area contributed by atoms with Gasteiger partial charge >= 0.3 is 11.8 Å². The number of nitrogens with zero attached hydrogens (tertiary/aromatic N) is 2. The number of carbonyl (C=O) groups excluding carboxylic acids is 2. The third-order valence-corrected chi connectivity index (χ3v) is 3.66. The number of aromatic nitrogens is 2. The number of hydrogen-bond donors (Lipinski definition) is 2. The number of benzene rings is 1. The van der Waals surface area contributed by atoms with Crippen molar-refractivity contribution in [1.29, 1.82) is 0 Å². The van der Waals surface area contributed by atoms with E-state index in [0.717, 1.165) is 11.4 Å². The van der Waals surface area contributed by atoms with Gasteiger partial charge in [-0.25, -0.2) is 4.98 Å². The summed E-state index contributed by atoms with van der Waals surface area (Å²) in [7, 11) is 0. The van der Waals surface area contributed by atoms with Crippen LogP contribution in [0.2, 0.25) is 0 Å². The minimum Gasteiger partial charge on any atom is -0.454 e. The molecule has 0 unspecified atom stereocenters. The molecule has 8 heteroatoms. The van der Waals surface area contributed by atoms with Crippen LogP contribution in [-0.2, 0) is 22.7 Å². The second-order valence-electron chi connectivity index (χ2n) is 5.29. The molecule has 0 aliphatic carbocycles. The van der Waals surface area contributed by atoms with Crippen LogP contribution in [0.5, 0.6) is 11.5 Å². The molecule has 2 heterocycles. The van der Waals surface area contributed by atoms with Gasteiger partial charge in [-0.15, -0.1) is 0 Å². The average Bonchev–Trinajstić information content (AvgIpc) is 3.21. The van der Waals surface area contributed by atoms with Gasteiger partial charge in [-0.1, -0.05) is 6.07 Å². The first-order valence-electron chi connectivity index (χ1n) is 7.56. The van der Waals surface area contributed by atoms with Gasteiger partial charge in [-0.2, -0.15) is 0 Å². The van der Waals surface area contributed by atoms with Gasteiger partial charge in [0.15, 0.2) is 11.5 Å². The van der Waals surface area contributed by atoms with Crippen LogP contribution in [0, 0.1) is 6.92 Å². The lowest BCUT2D eigenvalue weighted by Crippen LogP contribution is -2.40. The van der Waals surface area contributed by atoms with E-state index in [-0.39, 0.29) is 13.3 Å². The van der Waals surface area contributed by atoms with Crippen molar-refractivity contribution in [3.63, 3.8) is 0 Å². The molecule has 0 saturated heterocycles. The highest BCUT2D eigenvalue weighted by atomic mass is 16.7. The van der Waals surface area contributed by atoms with Gasteiger partial charge in [0.1, 0.15) is 5.82 Å². The van der Waals surface area contributed by atoms with Crippen molar-refractivity contribution in [2.24, 2.45) is 0 Å². The van der Waals surface area contributed by atoms with E-state index in [1.807, 2.05) is 23.8 Å². The van der Waals surface area contributed by atoms with E-state index in [4.69, 9.17) is 9.47 Å². The van der Waals surface area contributed by atoms with E-state index in [1.165, 1.54) is 0 Å². The Kier molecular flexibility index (Phi) is 4.64. The first-order chi connectivity index (χ1) is 11.6. The van der Waals surface area contributed by atoms with Crippen LogP contribution in [0.1, 0.15) is 11.4 Å². The average molecular weight is 330 g/mol. The van der Waals surface area contributed by atoms with Gasteiger partial charge < -0.3 is 24.7 Å². The molecule has 3 rings (SSSR count). The predicted octanol–water partition coefficient (Wildman–Crippen LogP) is 0.353. The Hall–Kier alpha value is -3.03. The highest BCUT2D eigenvalue weighted by Gasteiger charge is 2.15. The molecule has 0 bridgehead atoms. The van der Waals surface area contributed by atoms with E-state index in [0.29, 0.717) is 24.6 Å². The Morgan fingerprint density at radius 1 is 1.21 bits per heavy atom. The number of fused-ring (bicyclic) bond motifs is 1. The monoisotopic (exact) mass is 330 g/mol. The van der Waals surface area contributed by atoms with Crippen LogP contribution in [0.3, 0.4) is 0 Å².